The number of hydrogen-bond acceptors (Lipinski definition) is 3. The zero-order valence-corrected chi connectivity index (χ0v) is 17.2. The highest BCUT2D eigenvalue weighted by atomic mass is 19.1. The molecule has 0 fully saturated rings. The highest BCUT2D eigenvalue weighted by Crippen LogP contribution is 2.23. The second-order valence-corrected chi connectivity index (χ2v) is 7.29. The molecular formula is C27H24FN3. The van der Waals surface area contributed by atoms with E-state index >= 15 is 0 Å². The second kappa shape index (κ2) is 9.72. The van der Waals surface area contributed by atoms with E-state index in [1.165, 1.54) is 17.7 Å². The van der Waals surface area contributed by atoms with Crippen LogP contribution in [0.5, 0.6) is 0 Å². The number of aromatic nitrogens is 1. The van der Waals surface area contributed by atoms with Gasteiger partial charge in [0.25, 0.3) is 0 Å². The molecular weight excluding hydrogens is 385 g/mol. The van der Waals surface area contributed by atoms with Gasteiger partial charge in [-0.3, -0.25) is 0 Å². The molecule has 0 amide bonds. The van der Waals surface area contributed by atoms with Crippen molar-refractivity contribution in [2.45, 2.75) is 6.42 Å². The van der Waals surface area contributed by atoms with Crippen LogP contribution in [0.3, 0.4) is 0 Å². The minimum atomic E-state index is -0.255. The molecule has 0 atom stereocenters. The third-order valence-corrected chi connectivity index (χ3v) is 5.00. The Morgan fingerprint density at radius 1 is 0.839 bits per heavy atom. The molecule has 154 valence electrons. The maximum atomic E-state index is 13.4. The molecule has 0 spiro atoms. The van der Waals surface area contributed by atoms with Crippen molar-refractivity contribution >= 4 is 17.2 Å². The summed E-state index contributed by atoms with van der Waals surface area (Å²) < 4.78 is 13.4. The molecule has 0 aliphatic heterocycles. The number of rotatable bonds is 8. The van der Waals surface area contributed by atoms with Gasteiger partial charge in [-0.05, 0) is 59.5 Å². The molecule has 4 heteroatoms. The zero-order chi connectivity index (χ0) is 21.5. The average Bonchev–Trinajstić information content (AvgIpc) is 2.80. The molecule has 0 bridgehead atoms. The molecule has 2 N–H and O–H groups in total. The van der Waals surface area contributed by atoms with Gasteiger partial charge in [-0.1, -0.05) is 61.2 Å². The summed E-state index contributed by atoms with van der Waals surface area (Å²) in [5.74, 6) is 0.467. The Kier molecular flexibility index (Phi) is 6.38. The molecule has 0 aliphatic carbocycles. The quantitative estimate of drug-likeness (QED) is 0.352. The summed E-state index contributed by atoms with van der Waals surface area (Å²) in [6.07, 6.45) is 2.68. The van der Waals surface area contributed by atoms with Gasteiger partial charge in [0.05, 0.1) is 0 Å². The van der Waals surface area contributed by atoms with Gasteiger partial charge >= 0.3 is 0 Å². The highest BCUT2D eigenvalue weighted by Gasteiger charge is 2.04. The molecule has 31 heavy (non-hydrogen) atoms. The molecule has 4 aromatic rings. The third-order valence-electron chi connectivity index (χ3n) is 5.00. The summed E-state index contributed by atoms with van der Waals surface area (Å²) in [7, 11) is 0. The smallest absolute Gasteiger partial charge is 0.130 e. The molecule has 0 aliphatic rings. The van der Waals surface area contributed by atoms with Gasteiger partial charge < -0.3 is 10.6 Å². The number of nitrogens with zero attached hydrogens (tertiary/aromatic N) is 1. The lowest BCUT2D eigenvalue weighted by atomic mass is 10.1. The van der Waals surface area contributed by atoms with E-state index in [0.29, 0.717) is 0 Å². The first-order valence-corrected chi connectivity index (χ1v) is 10.2. The van der Waals surface area contributed by atoms with Crippen LogP contribution in [0.25, 0.3) is 16.8 Å². The Morgan fingerprint density at radius 3 is 2.45 bits per heavy atom. The lowest BCUT2D eigenvalue weighted by Crippen LogP contribution is -2.15. The minimum absolute atomic E-state index is 0.255. The predicted molar refractivity (Wildman–Crippen MR) is 127 cm³/mol. The van der Waals surface area contributed by atoms with Gasteiger partial charge in [-0.15, -0.1) is 0 Å². The topological polar surface area (TPSA) is 37.0 Å². The second-order valence-electron chi connectivity index (χ2n) is 7.29. The van der Waals surface area contributed by atoms with Crippen LogP contribution in [0, 0.1) is 5.82 Å². The van der Waals surface area contributed by atoms with Crippen LogP contribution < -0.4 is 10.6 Å². The van der Waals surface area contributed by atoms with E-state index < -0.39 is 0 Å². The van der Waals surface area contributed by atoms with Crippen molar-refractivity contribution in [3.05, 3.63) is 121 Å². The number of hydrogen-bond donors (Lipinski definition) is 2. The minimum Gasteiger partial charge on any atom is -0.385 e. The monoisotopic (exact) mass is 409 g/mol. The Hall–Kier alpha value is -3.92. The van der Waals surface area contributed by atoms with Crippen LogP contribution in [0.15, 0.2) is 104 Å². The predicted octanol–water partition coefficient (Wildman–Crippen LogP) is 6.43. The third kappa shape index (κ3) is 5.58. The van der Waals surface area contributed by atoms with Crippen LogP contribution in [0.2, 0.25) is 0 Å². The Bertz CT molecular complexity index is 1150. The van der Waals surface area contributed by atoms with Crippen molar-refractivity contribution in [2.24, 2.45) is 0 Å². The first kappa shape index (κ1) is 20.4. The van der Waals surface area contributed by atoms with Crippen molar-refractivity contribution in [3.63, 3.8) is 0 Å². The molecule has 4 rings (SSSR count). The number of halogens is 1. The normalized spacial score (nSPS) is 10.5. The van der Waals surface area contributed by atoms with E-state index in [1.807, 2.05) is 48.5 Å². The lowest BCUT2D eigenvalue weighted by Gasteiger charge is -2.12. The molecule has 1 heterocycles. The zero-order valence-electron chi connectivity index (χ0n) is 17.2. The molecule has 0 saturated carbocycles. The standard InChI is InChI=1S/C27H24FN3/c1-20(29-16-15-21-7-3-2-4-8-21)22-9-6-12-26(18-22)31-27-14-13-24(19-30-27)23-10-5-11-25(28)17-23/h2-14,17-19,29H,1,15-16H2,(H,30,31). The summed E-state index contributed by atoms with van der Waals surface area (Å²) in [5, 5.41) is 6.72. The van der Waals surface area contributed by atoms with Gasteiger partial charge in [0, 0.05) is 29.7 Å². The first-order chi connectivity index (χ1) is 15.2. The van der Waals surface area contributed by atoms with E-state index in [-0.39, 0.29) is 5.82 Å². The van der Waals surface area contributed by atoms with Crippen molar-refractivity contribution < 1.29 is 4.39 Å². The summed E-state index contributed by atoms with van der Waals surface area (Å²) in [6.45, 7) is 4.99. The number of anilines is 2. The maximum absolute atomic E-state index is 13.4. The van der Waals surface area contributed by atoms with Crippen molar-refractivity contribution in [2.75, 3.05) is 11.9 Å². The van der Waals surface area contributed by atoms with Gasteiger partial charge in [0.1, 0.15) is 11.6 Å². The fourth-order valence-corrected chi connectivity index (χ4v) is 3.34. The van der Waals surface area contributed by atoms with Gasteiger partial charge in [-0.2, -0.15) is 0 Å². The van der Waals surface area contributed by atoms with Crippen molar-refractivity contribution in [1.29, 1.82) is 0 Å². The molecule has 3 aromatic carbocycles. The SMILES string of the molecule is C=C(NCCc1ccccc1)c1cccc(Nc2ccc(-c3cccc(F)c3)cn2)c1. The Morgan fingerprint density at radius 2 is 1.68 bits per heavy atom. The molecule has 0 radical (unpaired) electrons. The van der Waals surface area contributed by atoms with Crippen molar-refractivity contribution in [1.82, 2.24) is 10.3 Å². The molecule has 3 nitrogen and oxygen atoms in total. The van der Waals surface area contributed by atoms with Gasteiger partial charge in [0.15, 0.2) is 0 Å². The van der Waals surface area contributed by atoms with Crippen LogP contribution in [0.4, 0.5) is 15.9 Å². The summed E-state index contributed by atoms with van der Waals surface area (Å²) in [4.78, 5) is 4.47. The van der Waals surface area contributed by atoms with Gasteiger partial charge in [-0.25, -0.2) is 9.37 Å². The Balaban J connectivity index is 1.37. The van der Waals surface area contributed by atoms with E-state index in [1.54, 1.807) is 12.3 Å². The highest BCUT2D eigenvalue weighted by molar-refractivity contribution is 5.69. The summed E-state index contributed by atoms with van der Waals surface area (Å²) in [5.41, 5.74) is 5.80. The van der Waals surface area contributed by atoms with E-state index in [0.717, 1.165) is 46.9 Å². The average molecular weight is 410 g/mol. The van der Waals surface area contributed by atoms with E-state index in [2.05, 4.69) is 46.5 Å². The van der Waals surface area contributed by atoms with Crippen LogP contribution in [-0.4, -0.2) is 11.5 Å². The first-order valence-electron chi connectivity index (χ1n) is 10.2. The number of benzene rings is 3. The van der Waals surface area contributed by atoms with Crippen LogP contribution in [0.1, 0.15) is 11.1 Å². The molecule has 0 saturated heterocycles. The Labute approximate surface area is 182 Å². The number of pyridine rings is 1. The fourth-order valence-electron chi connectivity index (χ4n) is 3.34. The number of nitrogens with one attached hydrogen (secondary N) is 2. The van der Waals surface area contributed by atoms with E-state index in [4.69, 9.17) is 0 Å². The summed E-state index contributed by atoms with van der Waals surface area (Å²) >= 11 is 0. The van der Waals surface area contributed by atoms with Gasteiger partial charge in [0.2, 0.25) is 0 Å². The maximum Gasteiger partial charge on any atom is 0.130 e. The lowest BCUT2D eigenvalue weighted by molar-refractivity contribution is 0.628. The largest absolute Gasteiger partial charge is 0.385 e. The van der Waals surface area contributed by atoms with E-state index in [9.17, 15) is 4.39 Å². The molecule has 1 aromatic heterocycles. The van der Waals surface area contributed by atoms with Crippen molar-refractivity contribution in [3.8, 4) is 11.1 Å². The van der Waals surface area contributed by atoms with Crippen LogP contribution >= 0.6 is 0 Å². The fraction of sp³-hybridized carbons (Fsp3) is 0.0741. The molecule has 0 unspecified atom stereocenters. The summed E-state index contributed by atoms with van der Waals surface area (Å²) in [6, 6.07) is 28.8. The van der Waals surface area contributed by atoms with Crippen LogP contribution in [-0.2, 0) is 6.42 Å².